The lowest BCUT2D eigenvalue weighted by atomic mass is 10.2. The molecule has 1 N–H and O–H groups in total. The zero-order chi connectivity index (χ0) is 13.7. The molecule has 0 aliphatic rings. The summed E-state index contributed by atoms with van der Waals surface area (Å²) < 4.78 is 0.727. The molecule has 0 atom stereocenters. The standard InChI is InChI=1S/C14H10BrClN2O/c15-13-7-2-1-6-12(13)14(19)18-17-9-10-4-3-5-11(16)8-10/h1-9H,(H,18,19)/b17-9+. The van der Waals surface area contributed by atoms with Crippen molar-refractivity contribution >= 4 is 39.7 Å². The second-order valence-electron chi connectivity index (χ2n) is 3.73. The molecule has 0 aromatic heterocycles. The Hall–Kier alpha value is -1.65. The summed E-state index contributed by atoms with van der Waals surface area (Å²) in [4.78, 5) is 11.8. The molecule has 5 heteroatoms. The summed E-state index contributed by atoms with van der Waals surface area (Å²) >= 11 is 9.16. The van der Waals surface area contributed by atoms with Crippen molar-refractivity contribution in [1.82, 2.24) is 5.43 Å². The fraction of sp³-hybridized carbons (Fsp3) is 0. The van der Waals surface area contributed by atoms with E-state index in [9.17, 15) is 4.79 Å². The van der Waals surface area contributed by atoms with Gasteiger partial charge in [0, 0.05) is 9.50 Å². The highest BCUT2D eigenvalue weighted by Crippen LogP contribution is 2.15. The fourth-order valence-electron chi connectivity index (χ4n) is 1.46. The predicted octanol–water partition coefficient (Wildman–Crippen LogP) is 3.87. The Kier molecular flexibility index (Phi) is 4.71. The molecule has 19 heavy (non-hydrogen) atoms. The number of benzene rings is 2. The van der Waals surface area contributed by atoms with Crippen molar-refractivity contribution in [2.45, 2.75) is 0 Å². The van der Waals surface area contributed by atoms with Crippen molar-refractivity contribution < 1.29 is 4.79 Å². The maximum Gasteiger partial charge on any atom is 0.272 e. The maximum absolute atomic E-state index is 11.8. The molecule has 2 aromatic carbocycles. The summed E-state index contributed by atoms with van der Waals surface area (Å²) in [5, 5.41) is 4.52. The number of amides is 1. The average molecular weight is 338 g/mol. The zero-order valence-corrected chi connectivity index (χ0v) is 12.1. The molecule has 0 spiro atoms. The van der Waals surface area contributed by atoms with Crippen LogP contribution in [0, 0.1) is 0 Å². The van der Waals surface area contributed by atoms with Crippen LogP contribution in [0.3, 0.4) is 0 Å². The number of nitrogens with zero attached hydrogens (tertiary/aromatic N) is 1. The first kappa shape index (κ1) is 13.8. The van der Waals surface area contributed by atoms with Gasteiger partial charge < -0.3 is 0 Å². The summed E-state index contributed by atoms with van der Waals surface area (Å²) in [5.41, 5.74) is 3.82. The van der Waals surface area contributed by atoms with Crippen LogP contribution in [0.25, 0.3) is 0 Å². The first-order valence-electron chi connectivity index (χ1n) is 5.50. The smallest absolute Gasteiger partial charge is 0.267 e. The second-order valence-corrected chi connectivity index (χ2v) is 5.02. The van der Waals surface area contributed by atoms with E-state index in [1.165, 1.54) is 0 Å². The first-order valence-corrected chi connectivity index (χ1v) is 6.67. The van der Waals surface area contributed by atoms with Crippen LogP contribution in [-0.4, -0.2) is 12.1 Å². The lowest BCUT2D eigenvalue weighted by Gasteiger charge is -2.01. The highest BCUT2D eigenvalue weighted by molar-refractivity contribution is 9.10. The Morgan fingerprint density at radius 2 is 2.00 bits per heavy atom. The van der Waals surface area contributed by atoms with Gasteiger partial charge in [-0.2, -0.15) is 5.10 Å². The van der Waals surface area contributed by atoms with E-state index in [2.05, 4.69) is 26.5 Å². The number of rotatable bonds is 3. The predicted molar refractivity (Wildman–Crippen MR) is 80.7 cm³/mol. The van der Waals surface area contributed by atoms with Gasteiger partial charge >= 0.3 is 0 Å². The van der Waals surface area contributed by atoms with Gasteiger partial charge in [0.2, 0.25) is 0 Å². The Morgan fingerprint density at radius 3 is 2.74 bits per heavy atom. The normalized spacial score (nSPS) is 10.6. The lowest BCUT2D eigenvalue weighted by molar-refractivity contribution is 0.0954. The van der Waals surface area contributed by atoms with Gasteiger partial charge in [0.1, 0.15) is 0 Å². The quantitative estimate of drug-likeness (QED) is 0.670. The minimum atomic E-state index is -0.272. The minimum Gasteiger partial charge on any atom is -0.267 e. The highest BCUT2D eigenvalue weighted by atomic mass is 79.9. The van der Waals surface area contributed by atoms with Gasteiger partial charge in [0.05, 0.1) is 11.8 Å². The largest absolute Gasteiger partial charge is 0.272 e. The molecule has 0 saturated heterocycles. The van der Waals surface area contributed by atoms with Crippen molar-refractivity contribution in [3.05, 3.63) is 69.2 Å². The second kappa shape index (κ2) is 6.50. The van der Waals surface area contributed by atoms with E-state index in [1.807, 2.05) is 18.2 Å². The van der Waals surface area contributed by atoms with Gasteiger partial charge in [-0.3, -0.25) is 4.79 Å². The summed E-state index contributed by atoms with van der Waals surface area (Å²) in [6, 6.07) is 14.4. The van der Waals surface area contributed by atoms with Crippen LogP contribution in [0.15, 0.2) is 58.1 Å². The van der Waals surface area contributed by atoms with Crippen molar-refractivity contribution in [3.8, 4) is 0 Å². The van der Waals surface area contributed by atoms with E-state index in [1.54, 1.807) is 36.5 Å². The fourth-order valence-corrected chi connectivity index (χ4v) is 2.12. The number of halogens is 2. The SMILES string of the molecule is O=C(N/N=C/c1cccc(Cl)c1)c1ccccc1Br. The topological polar surface area (TPSA) is 41.5 Å². The number of nitrogens with one attached hydrogen (secondary N) is 1. The number of hydrogen-bond donors (Lipinski definition) is 1. The molecule has 1 amide bonds. The van der Waals surface area contributed by atoms with Gasteiger partial charge in [0.15, 0.2) is 0 Å². The molecule has 0 radical (unpaired) electrons. The van der Waals surface area contributed by atoms with E-state index in [0.29, 0.717) is 10.6 Å². The molecular weight excluding hydrogens is 328 g/mol. The molecule has 2 rings (SSSR count). The highest BCUT2D eigenvalue weighted by Gasteiger charge is 2.07. The van der Waals surface area contributed by atoms with Crippen molar-refractivity contribution in [2.75, 3.05) is 0 Å². The molecule has 0 heterocycles. The molecule has 2 aromatic rings. The number of carbonyl (C=O) groups excluding carboxylic acids is 1. The van der Waals surface area contributed by atoms with Gasteiger partial charge in [-0.05, 0) is 45.8 Å². The van der Waals surface area contributed by atoms with E-state index in [-0.39, 0.29) is 5.91 Å². The van der Waals surface area contributed by atoms with Gasteiger partial charge in [-0.15, -0.1) is 0 Å². The lowest BCUT2D eigenvalue weighted by Crippen LogP contribution is -2.18. The summed E-state index contributed by atoms with van der Waals surface area (Å²) in [6.45, 7) is 0. The van der Waals surface area contributed by atoms with Crippen LogP contribution in [0.1, 0.15) is 15.9 Å². The van der Waals surface area contributed by atoms with Crippen molar-refractivity contribution in [2.24, 2.45) is 5.10 Å². The first-order chi connectivity index (χ1) is 9.16. The third-order valence-corrected chi connectivity index (χ3v) is 3.27. The summed E-state index contributed by atoms with van der Waals surface area (Å²) in [6.07, 6.45) is 1.54. The van der Waals surface area contributed by atoms with E-state index in [0.717, 1.165) is 10.0 Å². The molecule has 0 bridgehead atoms. The van der Waals surface area contributed by atoms with Gasteiger partial charge in [-0.25, -0.2) is 5.43 Å². The third kappa shape index (κ3) is 3.91. The van der Waals surface area contributed by atoms with Crippen LogP contribution < -0.4 is 5.43 Å². The van der Waals surface area contributed by atoms with Crippen molar-refractivity contribution in [3.63, 3.8) is 0 Å². The van der Waals surface area contributed by atoms with Gasteiger partial charge in [-0.1, -0.05) is 35.9 Å². The molecule has 0 aliphatic heterocycles. The number of hydrazone groups is 1. The molecule has 0 aliphatic carbocycles. The van der Waals surface area contributed by atoms with E-state index < -0.39 is 0 Å². The molecule has 96 valence electrons. The van der Waals surface area contributed by atoms with Crippen LogP contribution >= 0.6 is 27.5 Å². The van der Waals surface area contributed by atoms with Crippen LogP contribution in [-0.2, 0) is 0 Å². The molecule has 0 unspecified atom stereocenters. The molecule has 3 nitrogen and oxygen atoms in total. The third-order valence-electron chi connectivity index (χ3n) is 2.35. The van der Waals surface area contributed by atoms with Crippen LogP contribution in [0.4, 0.5) is 0 Å². The summed E-state index contributed by atoms with van der Waals surface area (Å²) in [7, 11) is 0. The van der Waals surface area contributed by atoms with E-state index >= 15 is 0 Å². The Labute approximate surface area is 124 Å². The Bertz CT molecular complexity index is 628. The summed E-state index contributed by atoms with van der Waals surface area (Å²) in [5.74, 6) is -0.272. The van der Waals surface area contributed by atoms with Crippen LogP contribution in [0.2, 0.25) is 5.02 Å². The Morgan fingerprint density at radius 1 is 1.21 bits per heavy atom. The zero-order valence-electron chi connectivity index (χ0n) is 9.81. The maximum atomic E-state index is 11.8. The monoisotopic (exact) mass is 336 g/mol. The van der Waals surface area contributed by atoms with Gasteiger partial charge in [0.25, 0.3) is 5.91 Å². The number of hydrogen-bond acceptors (Lipinski definition) is 2. The van der Waals surface area contributed by atoms with Crippen molar-refractivity contribution in [1.29, 1.82) is 0 Å². The minimum absolute atomic E-state index is 0.272. The average Bonchev–Trinajstić information content (AvgIpc) is 2.39. The van der Waals surface area contributed by atoms with E-state index in [4.69, 9.17) is 11.6 Å². The Balaban J connectivity index is 2.03. The van der Waals surface area contributed by atoms with Crippen LogP contribution in [0.5, 0.6) is 0 Å². The molecule has 0 fully saturated rings. The molecular formula is C14H10BrClN2O. The molecule has 0 saturated carbocycles. The number of carbonyl (C=O) groups is 1.